The van der Waals surface area contributed by atoms with Crippen LogP contribution in [0, 0.1) is 5.41 Å². The van der Waals surface area contributed by atoms with E-state index in [0.717, 1.165) is 12.8 Å². The topological polar surface area (TPSA) is 30.3 Å². The van der Waals surface area contributed by atoms with Crippen molar-refractivity contribution in [1.82, 2.24) is 4.90 Å². The number of aryl methyl sites for hydroxylation is 1. The highest BCUT2D eigenvalue weighted by molar-refractivity contribution is 5.95. The highest BCUT2D eigenvalue weighted by Gasteiger charge is 2.26. The molecule has 0 aromatic heterocycles. The van der Waals surface area contributed by atoms with Gasteiger partial charge in [-0.25, -0.2) is 0 Å². The molecular formula is C13H19N3. The average Bonchev–Trinajstić information content (AvgIpc) is 2.28. The van der Waals surface area contributed by atoms with Crippen LogP contribution in [0.15, 0.2) is 24.3 Å². The molecule has 0 amide bonds. The van der Waals surface area contributed by atoms with Crippen LogP contribution in [-0.2, 0) is 6.42 Å². The summed E-state index contributed by atoms with van der Waals surface area (Å²) in [5.41, 5.74) is 2.55. The minimum Gasteiger partial charge on any atom is -0.349 e. The lowest BCUT2D eigenvalue weighted by atomic mass is 9.97. The van der Waals surface area contributed by atoms with Gasteiger partial charge in [0.1, 0.15) is 0 Å². The summed E-state index contributed by atoms with van der Waals surface area (Å²) in [6.45, 7) is 2.19. The Morgan fingerprint density at radius 3 is 2.75 bits per heavy atom. The van der Waals surface area contributed by atoms with Crippen LogP contribution in [0.3, 0.4) is 0 Å². The summed E-state index contributed by atoms with van der Waals surface area (Å²) in [6.07, 6.45) is 2.24. The summed E-state index contributed by atoms with van der Waals surface area (Å²) in [7, 11) is 3.85. The van der Waals surface area contributed by atoms with E-state index in [9.17, 15) is 0 Å². The van der Waals surface area contributed by atoms with Crippen molar-refractivity contribution in [3.8, 4) is 0 Å². The first-order valence-corrected chi connectivity index (χ1v) is 5.74. The molecule has 0 fully saturated rings. The van der Waals surface area contributed by atoms with E-state index in [-0.39, 0.29) is 0 Å². The number of fused-ring (bicyclic) bond motifs is 1. The fourth-order valence-electron chi connectivity index (χ4n) is 2.23. The van der Waals surface area contributed by atoms with Gasteiger partial charge in [-0.1, -0.05) is 18.2 Å². The zero-order valence-electron chi connectivity index (χ0n) is 10.2. The number of anilines is 1. The monoisotopic (exact) mass is 217 g/mol. The number of hydrogen-bond donors (Lipinski definition) is 1. The van der Waals surface area contributed by atoms with E-state index in [4.69, 9.17) is 5.41 Å². The standard InChI is InChI=1S/C13H19N3/c1-10-8-9-11-6-4-5-7-12(11)16(10)13(14)15(2)3/h4-7,10,14H,8-9H2,1-3H3/t10-/m0/s1. The molecule has 1 aliphatic rings. The van der Waals surface area contributed by atoms with Crippen LogP contribution in [0.25, 0.3) is 0 Å². The molecule has 0 aliphatic carbocycles. The van der Waals surface area contributed by atoms with E-state index in [2.05, 4.69) is 30.0 Å². The third kappa shape index (κ3) is 1.77. The molecule has 1 N–H and O–H groups in total. The van der Waals surface area contributed by atoms with Crippen molar-refractivity contribution >= 4 is 11.6 Å². The third-order valence-corrected chi connectivity index (χ3v) is 3.18. The predicted octanol–water partition coefficient (Wildman–Crippen LogP) is 2.32. The van der Waals surface area contributed by atoms with Crippen molar-refractivity contribution in [2.75, 3.05) is 19.0 Å². The number of nitrogens with one attached hydrogen (secondary N) is 1. The largest absolute Gasteiger partial charge is 0.349 e. The minimum atomic E-state index is 0.407. The molecule has 1 atom stereocenters. The Hall–Kier alpha value is -1.51. The molecule has 1 aromatic rings. The third-order valence-electron chi connectivity index (χ3n) is 3.18. The molecule has 0 spiro atoms. The fourth-order valence-corrected chi connectivity index (χ4v) is 2.23. The maximum atomic E-state index is 8.15. The van der Waals surface area contributed by atoms with Crippen LogP contribution in [0.5, 0.6) is 0 Å². The van der Waals surface area contributed by atoms with Gasteiger partial charge >= 0.3 is 0 Å². The molecule has 1 aliphatic heterocycles. The van der Waals surface area contributed by atoms with Gasteiger partial charge in [0, 0.05) is 25.8 Å². The summed E-state index contributed by atoms with van der Waals surface area (Å²) in [6, 6.07) is 8.81. The van der Waals surface area contributed by atoms with Gasteiger partial charge in [-0.05, 0) is 31.4 Å². The molecule has 86 valence electrons. The first kappa shape index (κ1) is 11.0. The number of nitrogens with zero attached hydrogens (tertiary/aromatic N) is 2. The van der Waals surface area contributed by atoms with E-state index in [0.29, 0.717) is 12.0 Å². The van der Waals surface area contributed by atoms with Crippen LogP contribution >= 0.6 is 0 Å². The lowest BCUT2D eigenvalue weighted by Gasteiger charge is -2.38. The minimum absolute atomic E-state index is 0.407. The molecule has 0 bridgehead atoms. The molecule has 2 rings (SSSR count). The van der Waals surface area contributed by atoms with Crippen molar-refractivity contribution in [2.24, 2.45) is 0 Å². The Labute approximate surface area is 97.2 Å². The summed E-state index contributed by atoms with van der Waals surface area (Å²) in [5.74, 6) is 0.569. The van der Waals surface area contributed by atoms with Crippen LogP contribution in [0.2, 0.25) is 0 Å². The van der Waals surface area contributed by atoms with Crippen molar-refractivity contribution in [3.63, 3.8) is 0 Å². The van der Waals surface area contributed by atoms with E-state index >= 15 is 0 Å². The van der Waals surface area contributed by atoms with E-state index < -0.39 is 0 Å². The molecule has 3 nitrogen and oxygen atoms in total. The first-order valence-electron chi connectivity index (χ1n) is 5.74. The van der Waals surface area contributed by atoms with Crippen molar-refractivity contribution in [1.29, 1.82) is 5.41 Å². The Morgan fingerprint density at radius 2 is 2.06 bits per heavy atom. The van der Waals surface area contributed by atoms with Gasteiger partial charge in [0.15, 0.2) is 5.96 Å². The molecule has 1 heterocycles. The highest BCUT2D eigenvalue weighted by atomic mass is 15.4. The van der Waals surface area contributed by atoms with E-state index in [1.807, 2.05) is 25.1 Å². The second-order valence-electron chi connectivity index (χ2n) is 4.60. The molecule has 16 heavy (non-hydrogen) atoms. The molecule has 0 radical (unpaired) electrons. The van der Waals surface area contributed by atoms with Crippen LogP contribution in [-0.4, -0.2) is 31.0 Å². The van der Waals surface area contributed by atoms with Crippen molar-refractivity contribution in [3.05, 3.63) is 29.8 Å². The second kappa shape index (κ2) is 4.16. The first-order chi connectivity index (χ1) is 7.61. The summed E-state index contributed by atoms with van der Waals surface area (Å²) in [5, 5.41) is 8.15. The smallest absolute Gasteiger partial charge is 0.198 e. The fraction of sp³-hybridized carbons (Fsp3) is 0.462. The van der Waals surface area contributed by atoms with Gasteiger partial charge < -0.3 is 9.80 Å². The summed E-state index contributed by atoms with van der Waals surface area (Å²) in [4.78, 5) is 3.98. The molecular weight excluding hydrogens is 198 g/mol. The normalized spacial score (nSPS) is 19.2. The maximum absolute atomic E-state index is 8.15. The summed E-state index contributed by atoms with van der Waals surface area (Å²) < 4.78 is 0. The average molecular weight is 217 g/mol. The molecule has 3 heteroatoms. The molecule has 1 aromatic carbocycles. The Morgan fingerprint density at radius 1 is 1.38 bits per heavy atom. The summed E-state index contributed by atoms with van der Waals surface area (Å²) >= 11 is 0. The quantitative estimate of drug-likeness (QED) is 0.534. The van der Waals surface area contributed by atoms with Gasteiger partial charge in [0.2, 0.25) is 0 Å². The van der Waals surface area contributed by atoms with E-state index in [1.165, 1.54) is 11.3 Å². The molecule has 0 saturated heterocycles. The van der Waals surface area contributed by atoms with Gasteiger partial charge in [-0.3, -0.25) is 5.41 Å². The van der Waals surface area contributed by atoms with Gasteiger partial charge in [-0.15, -0.1) is 0 Å². The van der Waals surface area contributed by atoms with Crippen LogP contribution < -0.4 is 4.90 Å². The highest BCUT2D eigenvalue weighted by Crippen LogP contribution is 2.30. The van der Waals surface area contributed by atoms with Gasteiger partial charge in [-0.2, -0.15) is 0 Å². The van der Waals surface area contributed by atoms with Crippen molar-refractivity contribution in [2.45, 2.75) is 25.8 Å². The van der Waals surface area contributed by atoms with Gasteiger partial charge in [0.05, 0.1) is 0 Å². The number of rotatable bonds is 0. The molecule has 0 unspecified atom stereocenters. The van der Waals surface area contributed by atoms with E-state index in [1.54, 1.807) is 0 Å². The number of benzene rings is 1. The lowest BCUT2D eigenvalue weighted by molar-refractivity contribution is 0.551. The number of para-hydroxylation sites is 1. The van der Waals surface area contributed by atoms with Crippen molar-refractivity contribution < 1.29 is 0 Å². The number of hydrogen-bond acceptors (Lipinski definition) is 1. The van der Waals surface area contributed by atoms with Gasteiger partial charge in [0.25, 0.3) is 0 Å². The Kier molecular flexibility index (Phi) is 2.86. The number of guanidine groups is 1. The maximum Gasteiger partial charge on any atom is 0.198 e. The Bertz CT molecular complexity index is 398. The zero-order valence-corrected chi connectivity index (χ0v) is 10.2. The van der Waals surface area contributed by atoms with Crippen LogP contribution in [0.1, 0.15) is 18.9 Å². The van der Waals surface area contributed by atoms with Crippen LogP contribution in [0.4, 0.5) is 5.69 Å². The molecule has 0 saturated carbocycles. The second-order valence-corrected chi connectivity index (χ2v) is 4.60. The predicted molar refractivity (Wildman–Crippen MR) is 68.1 cm³/mol. The Balaban J connectivity index is 2.40. The lowest BCUT2D eigenvalue weighted by Crippen LogP contribution is -2.47. The zero-order chi connectivity index (χ0) is 11.7. The SMILES string of the molecule is C[C@H]1CCc2ccccc2N1C(=N)N(C)C.